The Kier molecular flexibility index (Phi) is 6.26. The number of rotatable bonds is 1. The van der Waals surface area contributed by atoms with E-state index in [9.17, 15) is 0 Å². The maximum Gasteiger partial charge on any atom is 2.00 e. The van der Waals surface area contributed by atoms with Crippen molar-refractivity contribution in [3.05, 3.63) is 29.8 Å². The Balaban J connectivity index is 0.000001000. The second kappa shape index (κ2) is 6.01. The van der Waals surface area contributed by atoms with Crippen LogP contribution in [0.3, 0.4) is 0 Å². The van der Waals surface area contributed by atoms with Crippen LogP contribution in [0.15, 0.2) is 18.2 Å². The van der Waals surface area contributed by atoms with Gasteiger partial charge in [-0.25, -0.2) is 0 Å². The molecule has 0 bridgehead atoms. The normalized spacial score (nSPS) is 9.64. The van der Waals surface area contributed by atoms with Crippen LogP contribution in [-0.2, 0) is 0 Å². The Morgan fingerprint density at radius 1 is 1.45 bits per heavy atom. The number of aryl methyl sites for hydroxylation is 1. The average molecular weight is 386 g/mol. The van der Waals surface area contributed by atoms with Gasteiger partial charge in [-0.3, -0.25) is 0 Å². The van der Waals surface area contributed by atoms with Crippen LogP contribution in [0.5, 0.6) is 0 Å². The molecule has 1 rings (SSSR count). The van der Waals surface area contributed by atoms with E-state index >= 15 is 0 Å². The quantitative estimate of drug-likeness (QED) is 0.512. The summed E-state index contributed by atoms with van der Waals surface area (Å²) in [5.41, 5.74) is 1.26. The van der Waals surface area contributed by atoms with E-state index in [0.29, 0.717) is 0 Å². The Morgan fingerprint density at radius 3 is 2.64 bits per heavy atom. The Labute approximate surface area is 93.6 Å². The monoisotopic (exact) mass is 386 g/mol. The summed E-state index contributed by atoms with van der Waals surface area (Å²) in [5.74, 6) is 3.04. The van der Waals surface area contributed by atoms with Crippen molar-refractivity contribution in [3.63, 3.8) is 0 Å². The molecular formula is C9H9PU. The number of hydrogen-bond acceptors (Lipinski definition) is 0. The summed E-state index contributed by atoms with van der Waals surface area (Å²) >= 11 is 0. The molecule has 54 valence electrons. The molecule has 0 saturated carbocycles. The van der Waals surface area contributed by atoms with Gasteiger partial charge in [-0.15, -0.1) is 5.30 Å². The Hall–Kier alpha value is 0.442. The van der Waals surface area contributed by atoms with Crippen LogP contribution >= 0.6 is 8.20 Å². The van der Waals surface area contributed by atoms with Crippen LogP contribution in [0.2, 0.25) is 0 Å². The third-order valence-electron chi connectivity index (χ3n) is 1.18. The fraction of sp³-hybridized carbons (Fsp3) is 0.222. The first-order valence-corrected chi connectivity index (χ1v) is 4.08. The van der Waals surface area contributed by atoms with Gasteiger partial charge in [-0.2, -0.15) is 36.8 Å². The maximum atomic E-state index is 3.16. The zero-order valence-electron chi connectivity index (χ0n) is 6.68. The summed E-state index contributed by atoms with van der Waals surface area (Å²) in [6.07, 6.45) is 0. The van der Waals surface area contributed by atoms with Crippen molar-refractivity contribution in [2.75, 3.05) is 0 Å². The summed E-state index contributed by atoms with van der Waals surface area (Å²) in [5, 5.41) is 1.19. The molecule has 0 aromatic heterocycles. The zero-order valence-corrected chi connectivity index (χ0v) is 11.7. The first-order chi connectivity index (χ1) is 4.83. The average Bonchev–Trinajstić information content (AvgIpc) is 1.95. The van der Waals surface area contributed by atoms with E-state index < -0.39 is 0 Å². The predicted octanol–water partition coefficient (Wildman–Crippen LogP) is 2.07. The molecule has 0 aliphatic carbocycles. The minimum atomic E-state index is 0. The van der Waals surface area contributed by atoms with Gasteiger partial charge in [0.2, 0.25) is 0 Å². The summed E-state index contributed by atoms with van der Waals surface area (Å²) < 4.78 is 0. The molecule has 0 aliphatic heterocycles. The van der Waals surface area contributed by atoms with Crippen LogP contribution in [-0.4, -0.2) is 5.80 Å². The minimum absolute atomic E-state index is 0. The van der Waals surface area contributed by atoms with Crippen molar-refractivity contribution < 1.29 is 31.1 Å². The SMILES string of the molecule is C[C-]=Pc1[c-]cc(C)cc1.[U+2]. The third-order valence-corrected chi connectivity index (χ3v) is 1.93. The molecule has 2 heteroatoms. The van der Waals surface area contributed by atoms with Gasteiger partial charge in [-0.1, -0.05) is 6.92 Å². The van der Waals surface area contributed by atoms with E-state index in [0.717, 1.165) is 8.20 Å². The van der Waals surface area contributed by atoms with Crippen LogP contribution in [0.1, 0.15) is 12.5 Å². The first kappa shape index (κ1) is 11.4. The minimum Gasteiger partial charge on any atom is -0.468 e. The van der Waals surface area contributed by atoms with Crippen molar-refractivity contribution in [1.29, 1.82) is 0 Å². The van der Waals surface area contributed by atoms with Gasteiger partial charge in [0, 0.05) is 0 Å². The van der Waals surface area contributed by atoms with Crippen molar-refractivity contribution in [1.82, 2.24) is 0 Å². The molecule has 0 saturated heterocycles. The summed E-state index contributed by atoms with van der Waals surface area (Å²) in [6.45, 7) is 3.99. The van der Waals surface area contributed by atoms with Crippen LogP contribution in [0, 0.1) is 44.1 Å². The molecule has 0 amide bonds. The van der Waals surface area contributed by atoms with Gasteiger partial charge < -0.3 is 14.0 Å². The molecule has 0 unspecified atom stereocenters. The number of hydrogen-bond donors (Lipinski definition) is 0. The van der Waals surface area contributed by atoms with Gasteiger partial charge >= 0.3 is 31.1 Å². The van der Waals surface area contributed by atoms with Gasteiger partial charge in [0.1, 0.15) is 0 Å². The summed E-state index contributed by atoms with van der Waals surface area (Å²) in [4.78, 5) is 0. The number of benzene rings is 1. The topological polar surface area (TPSA) is 0 Å². The molecule has 0 atom stereocenters. The molecule has 0 N–H and O–H groups in total. The molecule has 1 aromatic carbocycles. The predicted molar refractivity (Wildman–Crippen MR) is 47.3 cm³/mol. The molecule has 0 radical (unpaired) electrons. The van der Waals surface area contributed by atoms with Gasteiger partial charge in [0.15, 0.2) is 0 Å². The van der Waals surface area contributed by atoms with E-state index in [1.165, 1.54) is 10.9 Å². The van der Waals surface area contributed by atoms with Crippen LogP contribution in [0.25, 0.3) is 0 Å². The first-order valence-electron chi connectivity index (χ1n) is 3.19. The van der Waals surface area contributed by atoms with E-state index in [4.69, 9.17) is 0 Å². The zero-order chi connectivity index (χ0) is 7.40. The van der Waals surface area contributed by atoms with Crippen molar-refractivity contribution >= 4 is 19.3 Å². The summed E-state index contributed by atoms with van der Waals surface area (Å²) in [6, 6.07) is 9.33. The Bertz CT molecular complexity index is 226. The molecule has 1 aromatic rings. The van der Waals surface area contributed by atoms with E-state index in [2.05, 4.69) is 30.9 Å². The Morgan fingerprint density at radius 2 is 2.18 bits per heavy atom. The fourth-order valence-electron chi connectivity index (χ4n) is 0.684. The van der Waals surface area contributed by atoms with Crippen LogP contribution < -0.4 is 5.30 Å². The van der Waals surface area contributed by atoms with E-state index in [1.807, 2.05) is 13.0 Å². The molecule has 0 spiro atoms. The summed E-state index contributed by atoms with van der Waals surface area (Å²) in [7, 11) is 1.13. The third kappa shape index (κ3) is 4.12. The van der Waals surface area contributed by atoms with Gasteiger partial charge in [0.05, 0.1) is 0 Å². The van der Waals surface area contributed by atoms with E-state index in [1.54, 1.807) is 0 Å². The molecule has 11 heavy (non-hydrogen) atoms. The van der Waals surface area contributed by atoms with Gasteiger partial charge in [-0.05, 0) is 0 Å². The second-order valence-electron chi connectivity index (χ2n) is 2.09. The molecule has 0 nitrogen and oxygen atoms in total. The molecule has 0 aliphatic rings. The molecule has 0 fully saturated rings. The second-order valence-corrected chi connectivity index (χ2v) is 3.24. The van der Waals surface area contributed by atoms with Crippen LogP contribution in [0.4, 0.5) is 0 Å². The molecule has 0 heterocycles. The van der Waals surface area contributed by atoms with E-state index in [-0.39, 0.29) is 31.1 Å². The standard InChI is InChI=1S/C9H9P.U/c1-3-10-9-6-4-8(2)5-7-9;/h4-6H,1-2H3;/q-2;+2. The molecular weight excluding hydrogens is 377 g/mol. The van der Waals surface area contributed by atoms with Crippen molar-refractivity contribution in [2.24, 2.45) is 0 Å². The smallest absolute Gasteiger partial charge is 0.468 e. The van der Waals surface area contributed by atoms with Gasteiger partial charge in [0.25, 0.3) is 0 Å². The fourth-order valence-corrected chi connectivity index (χ4v) is 1.20. The van der Waals surface area contributed by atoms with Crippen molar-refractivity contribution in [2.45, 2.75) is 13.8 Å². The maximum absolute atomic E-state index is 3.16. The largest absolute Gasteiger partial charge is 2.00 e. The van der Waals surface area contributed by atoms with Crippen molar-refractivity contribution in [3.8, 4) is 0 Å².